The summed E-state index contributed by atoms with van der Waals surface area (Å²) < 4.78 is 34.7. The number of benzene rings is 2. The number of carbonyl (C=O) groups is 1. The maximum atomic E-state index is 13.1. The van der Waals surface area contributed by atoms with E-state index in [0.717, 1.165) is 28.0 Å². The average Bonchev–Trinajstić information content (AvgIpc) is 3.18. The first-order valence-corrected chi connectivity index (χ1v) is 12.4. The second-order valence-corrected chi connectivity index (χ2v) is 11.3. The van der Waals surface area contributed by atoms with Crippen LogP contribution >= 0.6 is 11.3 Å². The van der Waals surface area contributed by atoms with Crippen LogP contribution in [0.3, 0.4) is 0 Å². The van der Waals surface area contributed by atoms with Crippen molar-refractivity contribution in [1.82, 2.24) is 14.9 Å². The van der Waals surface area contributed by atoms with Crippen molar-refractivity contribution in [1.29, 1.82) is 0 Å². The van der Waals surface area contributed by atoms with Crippen LogP contribution in [0, 0.1) is 13.8 Å². The van der Waals surface area contributed by atoms with Gasteiger partial charge in [-0.2, -0.15) is 0 Å². The van der Waals surface area contributed by atoms with Crippen molar-refractivity contribution in [3.05, 3.63) is 64.7 Å². The van der Waals surface area contributed by atoms with Crippen molar-refractivity contribution >= 4 is 32.4 Å². The molecule has 3 aromatic rings. The molecule has 2 N–H and O–H groups in total. The van der Waals surface area contributed by atoms with E-state index in [1.165, 1.54) is 0 Å². The Hall–Kier alpha value is -2.82. The molecule has 2 heterocycles. The lowest BCUT2D eigenvalue weighted by atomic mass is 9.89. The molecule has 0 fully saturated rings. The molecule has 168 valence electrons. The Morgan fingerprint density at radius 1 is 1.09 bits per heavy atom. The summed E-state index contributed by atoms with van der Waals surface area (Å²) >= 11 is 0.803. The van der Waals surface area contributed by atoms with Crippen LogP contribution in [0.1, 0.15) is 53.4 Å². The minimum absolute atomic E-state index is 0.111. The minimum Gasteiger partial charge on any atom is -0.487 e. The number of rotatable bonds is 5. The summed E-state index contributed by atoms with van der Waals surface area (Å²) in [6.07, 6.45) is 0.457. The Morgan fingerprint density at radius 2 is 1.78 bits per heavy atom. The number of carbonyl (C=O) groups excluding carboxylic acids is 1. The topological polar surface area (TPSA) is 110 Å². The summed E-state index contributed by atoms with van der Waals surface area (Å²) in [6.45, 7) is 7.71. The molecule has 0 radical (unpaired) electrons. The predicted molar refractivity (Wildman–Crippen MR) is 123 cm³/mol. The number of nitrogens with zero attached hydrogens (tertiary/aromatic N) is 2. The molecule has 1 aliphatic rings. The molecule has 1 amide bonds. The van der Waals surface area contributed by atoms with Gasteiger partial charge >= 0.3 is 0 Å². The molecule has 1 aliphatic heterocycles. The van der Waals surface area contributed by atoms with Crippen LogP contribution in [0.4, 0.5) is 5.13 Å². The van der Waals surface area contributed by atoms with Crippen LogP contribution in [0.15, 0.2) is 46.8 Å². The van der Waals surface area contributed by atoms with Gasteiger partial charge in [0, 0.05) is 17.5 Å². The molecular formula is C22H24N4O4S2. The number of amides is 1. The van der Waals surface area contributed by atoms with E-state index in [2.05, 4.69) is 20.2 Å². The monoisotopic (exact) mass is 472 g/mol. The van der Waals surface area contributed by atoms with Gasteiger partial charge < -0.3 is 4.74 Å². The molecule has 2 aromatic carbocycles. The number of aryl methyl sites for hydroxylation is 2. The Kier molecular flexibility index (Phi) is 5.78. The van der Waals surface area contributed by atoms with Gasteiger partial charge in [0.05, 0.1) is 6.04 Å². The summed E-state index contributed by atoms with van der Waals surface area (Å²) in [4.78, 5) is 12.4. The normalized spacial score (nSPS) is 17.3. The highest BCUT2D eigenvalue weighted by atomic mass is 32.2. The summed E-state index contributed by atoms with van der Waals surface area (Å²) in [5, 5.41) is 10.3. The van der Waals surface area contributed by atoms with E-state index in [0.29, 0.717) is 17.7 Å². The molecular weight excluding hydrogens is 448 g/mol. The zero-order chi connectivity index (χ0) is 23.1. The van der Waals surface area contributed by atoms with Gasteiger partial charge in [-0.25, -0.2) is 13.1 Å². The third kappa shape index (κ3) is 4.82. The van der Waals surface area contributed by atoms with Crippen LogP contribution in [-0.2, 0) is 10.0 Å². The summed E-state index contributed by atoms with van der Waals surface area (Å²) in [7, 11) is -3.96. The van der Waals surface area contributed by atoms with Gasteiger partial charge in [-0.15, -0.1) is 10.2 Å². The molecule has 4 rings (SSSR count). The number of nitrogens with one attached hydrogen (secondary N) is 2. The summed E-state index contributed by atoms with van der Waals surface area (Å²) in [5.41, 5.74) is 2.73. The molecule has 32 heavy (non-hydrogen) atoms. The van der Waals surface area contributed by atoms with Crippen LogP contribution < -0.4 is 14.8 Å². The molecule has 0 spiro atoms. The van der Waals surface area contributed by atoms with E-state index in [1.54, 1.807) is 12.1 Å². The lowest BCUT2D eigenvalue weighted by Gasteiger charge is -2.37. The second kappa shape index (κ2) is 8.27. The van der Waals surface area contributed by atoms with Gasteiger partial charge in [-0.05, 0) is 45.9 Å². The van der Waals surface area contributed by atoms with Crippen molar-refractivity contribution in [2.75, 3.05) is 5.32 Å². The number of hydrogen-bond donors (Lipinski definition) is 2. The number of sulfonamides is 1. The fraction of sp³-hybridized carbons (Fsp3) is 0.318. The van der Waals surface area contributed by atoms with E-state index < -0.39 is 21.7 Å². The summed E-state index contributed by atoms with van der Waals surface area (Å²) in [6, 6.07) is 12.3. The zero-order valence-electron chi connectivity index (χ0n) is 18.2. The van der Waals surface area contributed by atoms with Gasteiger partial charge in [0.2, 0.25) is 9.47 Å². The third-order valence-electron chi connectivity index (χ3n) is 5.09. The highest BCUT2D eigenvalue weighted by Crippen LogP contribution is 2.40. The second-order valence-electron chi connectivity index (χ2n) is 8.47. The van der Waals surface area contributed by atoms with Crippen LogP contribution in [0.25, 0.3) is 0 Å². The quantitative estimate of drug-likeness (QED) is 0.544. The SMILES string of the molecule is Cc1ccc(C(=O)Nc2nnc(S(=O)(=O)N[C@@H]3CC(C)(C)Oc4ccc(C)cc43)s2)cc1. The Labute approximate surface area is 191 Å². The van der Waals surface area contributed by atoms with Gasteiger partial charge in [-0.1, -0.05) is 46.7 Å². The van der Waals surface area contributed by atoms with E-state index in [-0.39, 0.29) is 15.4 Å². The molecule has 0 saturated heterocycles. The third-order valence-corrected chi connectivity index (χ3v) is 7.77. The first kappa shape index (κ1) is 22.4. The smallest absolute Gasteiger partial charge is 0.270 e. The molecule has 0 saturated carbocycles. The van der Waals surface area contributed by atoms with Crippen molar-refractivity contribution in [3.8, 4) is 5.75 Å². The number of anilines is 1. The number of hydrogen-bond acceptors (Lipinski definition) is 7. The Balaban J connectivity index is 1.54. The maximum absolute atomic E-state index is 13.1. The van der Waals surface area contributed by atoms with Crippen molar-refractivity contribution in [2.24, 2.45) is 0 Å². The van der Waals surface area contributed by atoms with Gasteiger partial charge in [-0.3, -0.25) is 10.1 Å². The standard InChI is InChI=1S/C22H24N4O4S2/c1-13-5-8-15(9-6-13)19(27)23-20-24-25-21(31-20)32(28,29)26-17-12-22(3,4)30-18-10-7-14(2)11-16(17)18/h5-11,17,26H,12H2,1-4H3,(H,23,24,27)/t17-/m1/s1. The van der Waals surface area contributed by atoms with Gasteiger partial charge in [0.15, 0.2) is 0 Å². The van der Waals surface area contributed by atoms with Gasteiger partial charge in [0.25, 0.3) is 15.9 Å². The molecule has 10 heteroatoms. The molecule has 1 atom stereocenters. The molecule has 0 aliphatic carbocycles. The molecule has 1 aromatic heterocycles. The van der Waals surface area contributed by atoms with E-state index in [9.17, 15) is 13.2 Å². The molecule has 0 bridgehead atoms. The van der Waals surface area contributed by atoms with Crippen molar-refractivity contribution in [3.63, 3.8) is 0 Å². The highest BCUT2D eigenvalue weighted by molar-refractivity contribution is 7.91. The average molecular weight is 473 g/mol. The predicted octanol–water partition coefficient (Wildman–Crippen LogP) is 3.99. The Bertz CT molecular complexity index is 1270. The van der Waals surface area contributed by atoms with Crippen LogP contribution in [-0.4, -0.2) is 30.1 Å². The van der Waals surface area contributed by atoms with Crippen molar-refractivity contribution in [2.45, 2.75) is 50.1 Å². The molecule has 8 nitrogen and oxygen atoms in total. The van der Waals surface area contributed by atoms with E-state index in [1.807, 2.05) is 58.0 Å². The fourth-order valence-electron chi connectivity index (χ4n) is 3.56. The first-order valence-electron chi connectivity index (χ1n) is 10.1. The zero-order valence-corrected chi connectivity index (χ0v) is 19.8. The lowest BCUT2D eigenvalue weighted by molar-refractivity contribution is 0.0701. The Morgan fingerprint density at radius 3 is 2.50 bits per heavy atom. The maximum Gasteiger partial charge on any atom is 0.270 e. The summed E-state index contributed by atoms with van der Waals surface area (Å²) in [5.74, 6) is 0.275. The first-order chi connectivity index (χ1) is 15.0. The largest absolute Gasteiger partial charge is 0.487 e. The highest BCUT2D eigenvalue weighted by Gasteiger charge is 2.37. The van der Waals surface area contributed by atoms with E-state index in [4.69, 9.17) is 4.74 Å². The van der Waals surface area contributed by atoms with Gasteiger partial charge in [0.1, 0.15) is 11.4 Å². The molecule has 0 unspecified atom stereocenters. The van der Waals surface area contributed by atoms with Crippen molar-refractivity contribution < 1.29 is 17.9 Å². The number of fused-ring (bicyclic) bond motifs is 1. The fourth-order valence-corrected chi connectivity index (χ4v) is 5.69. The number of aromatic nitrogens is 2. The lowest BCUT2D eigenvalue weighted by Crippen LogP contribution is -2.41. The number of ether oxygens (including phenoxy) is 1. The van der Waals surface area contributed by atoms with Crippen LogP contribution in [0.2, 0.25) is 0 Å². The van der Waals surface area contributed by atoms with Crippen LogP contribution in [0.5, 0.6) is 5.75 Å². The van der Waals surface area contributed by atoms with E-state index >= 15 is 0 Å². The minimum atomic E-state index is -3.96.